The van der Waals surface area contributed by atoms with Gasteiger partial charge in [0.2, 0.25) is 0 Å². The minimum absolute atomic E-state index is 0.309. The minimum atomic E-state index is 0.309. The van der Waals surface area contributed by atoms with Crippen LogP contribution in [0.4, 0.5) is 0 Å². The molecule has 2 aromatic rings. The van der Waals surface area contributed by atoms with Gasteiger partial charge in [-0.05, 0) is 44.9 Å². The Hall–Kier alpha value is -1.65. The van der Waals surface area contributed by atoms with E-state index < -0.39 is 0 Å². The zero-order valence-electron chi connectivity index (χ0n) is 12.5. The highest BCUT2D eigenvalue weighted by Crippen LogP contribution is 2.17. The van der Waals surface area contributed by atoms with Crippen molar-refractivity contribution in [1.29, 1.82) is 0 Å². The monoisotopic (exact) mass is 285 g/mol. The van der Waals surface area contributed by atoms with Crippen LogP contribution < -0.4 is 5.32 Å². The number of para-hydroxylation sites is 1. The maximum atomic E-state index is 5.65. The molecule has 3 rings (SSSR count). The van der Waals surface area contributed by atoms with Crippen LogP contribution in [0.2, 0.25) is 0 Å². The Morgan fingerprint density at radius 1 is 1.38 bits per heavy atom. The summed E-state index contributed by atoms with van der Waals surface area (Å²) < 4.78 is 7.57. The zero-order valence-corrected chi connectivity index (χ0v) is 12.5. The Morgan fingerprint density at radius 3 is 3.00 bits per heavy atom. The molecule has 1 aromatic carbocycles. The Labute approximate surface area is 126 Å². The van der Waals surface area contributed by atoms with Crippen molar-refractivity contribution >= 4 is 0 Å². The van der Waals surface area contributed by atoms with Crippen molar-refractivity contribution in [2.75, 3.05) is 13.2 Å². The van der Waals surface area contributed by atoms with Gasteiger partial charge < -0.3 is 10.1 Å². The molecule has 2 unspecified atom stereocenters. The molecule has 112 valence electrons. The number of hydrogen-bond donors (Lipinski definition) is 1. The van der Waals surface area contributed by atoms with Crippen molar-refractivity contribution in [2.45, 2.75) is 38.3 Å². The molecule has 1 aliphatic heterocycles. The number of nitrogens with zero attached hydrogens (tertiary/aromatic N) is 2. The summed E-state index contributed by atoms with van der Waals surface area (Å²) in [7, 11) is 0. The summed E-state index contributed by atoms with van der Waals surface area (Å²) in [6.07, 6.45) is 8.01. The van der Waals surface area contributed by atoms with Gasteiger partial charge in [-0.25, -0.2) is 4.68 Å². The van der Waals surface area contributed by atoms with Crippen LogP contribution in [0.15, 0.2) is 42.7 Å². The number of hydrogen-bond acceptors (Lipinski definition) is 3. The number of aromatic nitrogens is 2. The Bertz CT molecular complexity index is 546. The van der Waals surface area contributed by atoms with Gasteiger partial charge in [0.1, 0.15) is 0 Å². The second-order valence-corrected chi connectivity index (χ2v) is 5.65. The maximum absolute atomic E-state index is 5.65. The molecule has 0 spiro atoms. The molecule has 4 nitrogen and oxygen atoms in total. The van der Waals surface area contributed by atoms with E-state index in [1.54, 1.807) is 0 Å². The summed E-state index contributed by atoms with van der Waals surface area (Å²) in [4.78, 5) is 0. The van der Waals surface area contributed by atoms with Crippen molar-refractivity contribution in [3.05, 3.63) is 48.3 Å². The third-order valence-electron chi connectivity index (χ3n) is 4.06. The van der Waals surface area contributed by atoms with E-state index in [1.165, 1.54) is 18.4 Å². The van der Waals surface area contributed by atoms with Crippen LogP contribution in [0.3, 0.4) is 0 Å². The molecule has 1 aliphatic rings. The van der Waals surface area contributed by atoms with Gasteiger partial charge in [0.15, 0.2) is 0 Å². The molecule has 0 bridgehead atoms. The first-order valence-corrected chi connectivity index (χ1v) is 7.78. The van der Waals surface area contributed by atoms with Gasteiger partial charge in [-0.2, -0.15) is 5.10 Å². The smallest absolute Gasteiger partial charge is 0.0645 e. The van der Waals surface area contributed by atoms with Gasteiger partial charge in [-0.3, -0.25) is 0 Å². The summed E-state index contributed by atoms with van der Waals surface area (Å²) in [5.74, 6) is 0. The van der Waals surface area contributed by atoms with Crippen molar-refractivity contribution < 1.29 is 4.74 Å². The Balaban J connectivity index is 1.53. The van der Waals surface area contributed by atoms with Crippen LogP contribution >= 0.6 is 0 Å². The Kier molecular flexibility index (Phi) is 4.68. The van der Waals surface area contributed by atoms with E-state index in [9.17, 15) is 0 Å². The summed E-state index contributed by atoms with van der Waals surface area (Å²) in [5, 5.41) is 8.00. The molecule has 1 aromatic heterocycles. The SMILES string of the molecule is CC(NCCC1CCCO1)c1cnn(-c2ccccc2)c1. The topological polar surface area (TPSA) is 39.1 Å². The van der Waals surface area contributed by atoms with Crippen molar-refractivity contribution in [3.8, 4) is 5.69 Å². The van der Waals surface area contributed by atoms with Crippen molar-refractivity contribution in [1.82, 2.24) is 15.1 Å². The summed E-state index contributed by atoms with van der Waals surface area (Å²) in [6, 6.07) is 10.5. The molecule has 4 heteroatoms. The molecule has 0 saturated carbocycles. The largest absolute Gasteiger partial charge is 0.378 e. The van der Waals surface area contributed by atoms with E-state index in [2.05, 4.69) is 35.7 Å². The lowest BCUT2D eigenvalue weighted by molar-refractivity contribution is 0.103. The predicted molar refractivity (Wildman–Crippen MR) is 83.6 cm³/mol. The highest BCUT2D eigenvalue weighted by atomic mass is 16.5. The minimum Gasteiger partial charge on any atom is -0.378 e. The van der Waals surface area contributed by atoms with Crippen LogP contribution in [0.5, 0.6) is 0 Å². The molecule has 1 saturated heterocycles. The lowest BCUT2D eigenvalue weighted by Gasteiger charge is -2.14. The first kappa shape index (κ1) is 14.3. The van der Waals surface area contributed by atoms with E-state index in [4.69, 9.17) is 4.74 Å². The predicted octanol–water partition coefficient (Wildman–Crippen LogP) is 3.09. The van der Waals surface area contributed by atoms with Gasteiger partial charge >= 0.3 is 0 Å². The maximum Gasteiger partial charge on any atom is 0.0645 e. The highest BCUT2D eigenvalue weighted by Gasteiger charge is 2.15. The van der Waals surface area contributed by atoms with Crippen LogP contribution in [-0.4, -0.2) is 29.0 Å². The fourth-order valence-electron chi connectivity index (χ4n) is 2.73. The van der Waals surface area contributed by atoms with E-state index >= 15 is 0 Å². The lowest BCUT2D eigenvalue weighted by atomic mass is 10.1. The van der Waals surface area contributed by atoms with Crippen molar-refractivity contribution in [3.63, 3.8) is 0 Å². The van der Waals surface area contributed by atoms with E-state index in [0.29, 0.717) is 12.1 Å². The zero-order chi connectivity index (χ0) is 14.5. The first-order chi connectivity index (χ1) is 10.3. The third-order valence-corrected chi connectivity index (χ3v) is 4.06. The average molecular weight is 285 g/mol. The summed E-state index contributed by atoms with van der Waals surface area (Å²) in [5.41, 5.74) is 2.31. The van der Waals surface area contributed by atoms with E-state index in [-0.39, 0.29) is 0 Å². The average Bonchev–Trinajstić information content (AvgIpc) is 3.20. The highest BCUT2D eigenvalue weighted by molar-refractivity contribution is 5.31. The summed E-state index contributed by atoms with van der Waals surface area (Å²) in [6.45, 7) is 4.11. The molecule has 2 atom stereocenters. The molecule has 1 fully saturated rings. The standard InChI is InChI=1S/C17H23N3O/c1-14(18-10-9-17-8-5-11-21-17)15-12-19-20(13-15)16-6-3-2-4-7-16/h2-4,6-7,12-14,17-18H,5,8-11H2,1H3. The van der Waals surface area contributed by atoms with Gasteiger partial charge in [-0.15, -0.1) is 0 Å². The molecular weight excluding hydrogens is 262 g/mol. The number of nitrogens with one attached hydrogen (secondary N) is 1. The van der Waals surface area contributed by atoms with Gasteiger partial charge in [-0.1, -0.05) is 18.2 Å². The van der Waals surface area contributed by atoms with Crippen molar-refractivity contribution in [2.24, 2.45) is 0 Å². The van der Waals surface area contributed by atoms with Crippen LogP contribution in [0, 0.1) is 0 Å². The summed E-state index contributed by atoms with van der Waals surface area (Å²) >= 11 is 0. The van der Waals surface area contributed by atoms with Crippen LogP contribution in [0.25, 0.3) is 5.69 Å². The van der Waals surface area contributed by atoms with Crippen LogP contribution in [-0.2, 0) is 4.74 Å². The second kappa shape index (κ2) is 6.87. The molecule has 0 aliphatic carbocycles. The number of ether oxygens (including phenoxy) is 1. The number of rotatable bonds is 6. The van der Waals surface area contributed by atoms with E-state index in [0.717, 1.165) is 25.3 Å². The van der Waals surface area contributed by atoms with Gasteiger partial charge in [0.05, 0.1) is 18.0 Å². The third kappa shape index (κ3) is 3.71. The number of benzene rings is 1. The fraction of sp³-hybridized carbons (Fsp3) is 0.471. The molecule has 0 radical (unpaired) electrons. The molecule has 2 heterocycles. The quantitative estimate of drug-likeness (QED) is 0.886. The molecule has 1 N–H and O–H groups in total. The Morgan fingerprint density at radius 2 is 2.24 bits per heavy atom. The van der Waals surface area contributed by atoms with E-state index in [1.807, 2.05) is 29.1 Å². The molecule has 0 amide bonds. The second-order valence-electron chi connectivity index (χ2n) is 5.65. The van der Waals surface area contributed by atoms with Gasteiger partial charge in [0, 0.05) is 24.4 Å². The van der Waals surface area contributed by atoms with Gasteiger partial charge in [0.25, 0.3) is 0 Å². The molecule has 21 heavy (non-hydrogen) atoms. The first-order valence-electron chi connectivity index (χ1n) is 7.78. The normalized spacial score (nSPS) is 19.8. The lowest BCUT2D eigenvalue weighted by Crippen LogP contribution is -2.23. The van der Waals surface area contributed by atoms with Crippen LogP contribution in [0.1, 0.15) is 37.8 Å². The molecular formula is C17H23N3O. The fourth-order valence-corrected chi connectivity index (χ4v) is 2.73.